The molecule has 0 fully saturated rings. The molecule has 0 aliphatic rings. The molecule has 0 radical (unpaired) electrons. The van der Waals surface area contributed by atoms with Crippen LogP contribution in [0.15, 0.2) is 59.5 Å². The predicted molar refractivity (Wildman–Crippen MR) is 107 cm³/mol. The molecule has 5 heteroatoms. The zero-order valence-electron chi connectivity index (χ0n) is 15.6. The van der Waals surface area contributed by atoms with Gasteiger partial charge >= 0.3 is 0 Å². The molecule has 0 unspecified atom stereocenters. The van der Waals surface area contributed by atoms with E-state index < -0.39 is 9.84 Å². The second kappa shape index (κ2) is 7.00. The smallest absolute Gasteiger partial charge is 0.179 e. The van der Waals surface area contributed by atoms with E-state index in [0.29, 0.717) is 17.3 Å². The Morgan fingerprint density at radius 3 is 2.12 bits per heavy atom. The fraction of sp³-hybridized carbons (Fsp3) is 0.238. The van der Waals surface area contributed by atoms with Crippen molar-refractivity contribution < 1.29 is 8.42 Å². The van der Waals surface area contributed by atoms with Crippen molar-refractivity contribution in [1.29, 1.82) is 0 Å². The maximum atomic E-state index is 12.5. The lowest BCUT2D eigenvalue weighted by Gasteiger charge is -2.15. The standard InChI is InChI=1S/C21H24N2O2S/c1-15-10-12-19(13-11-15)22-21-20(26(4,24)25)16(2)17(3)23(21)14-18-8-6-5-7-9-18/h5-13,22H,14H2,1-4H3. The number of aryl methyl sites for hydroxylation is 1. The fourth-order valence-corrected chi connectivity index (χ4v) is 4.37. The van der Waals surface area contributed by atoms with E-state index in [9.17, 15) is 8.42 Å². The number of anilines is 2. The first-order valence-corrected chi connectivity index (χ1v) is 10.4. The molecule has 4 nitrogen and oxygen atoms in total. The van der Waals surface area contributed by atoms with Crippen molar-refractivity contribution in [1.82, 2.24) is 4.57 Å². The summed E-state index contributed by atoms with van der Waals surface area (Å²) in [5.74, 6) is 0.621. The minimum atomic E-state index is -3.37. The highest BCUT2D eigenvalue weighted by molar-refractivity contribution is 7.91. The molecule has 0 spiro atoms. The first-order chi connectivity index (χ1) is 12.3. The molecular weight excluding hydrogens is 344 g/mol. The van der Waals surface area contributed by atoms with Gasteiger partial charge < -0.3 is 9.88 Å². The first-order valence-electron chi connectivity index (χ1n) is 8.54. The minimum Gasteiger partial charge on any atom is -0.341 e. The molecule has 2 aromatic carbocycles. The molecule has 136 valence electrons. The summed E-state index contributed by atoms with van der Waals surface area (Å²) in [5.41, 5.74) is 4.89. The SMILES string of the molecule is Cc1ccc(Nc2c(S(C)(=O)=O)c(C)c(C)n2Cc2ccccc2)cc1. The van der Waals surface area contributed by atoms with Crippen molar-refractivity contribution in [2.75, 3.05) is 11.6 Å². The van der Waals surface area contributed by atoms with Crippen molar-refractivity contribution in [3.8, 4) is 0 Å². The summed E-state index contributed by atoms with van der Waals surface area (Å²) in [7, 11) is -3.37. The van der Waals surface area contributed by atoms with Crippen LogP contribution in [0.5, 0.6) is 0 Å². The van der Waals surface area contributed by atoms with E-state index in [1.54, 1.807) is 0 Å². The second-order valence-corrected chi connectivity index (χ2v) is 8.68. The van der Waals surface area contributed by atoms with E-state index in [4.69, 9.17) is 0 Å². The lowest BCUT2D eigenvalue weighted by atomic mass is 10.2. The summed E-state index contributed by atoms with van der Waals surface area (Å²) in [5, 5.41) is 3.34. The van der Waals surface area contributed by atoms with Gasteiger partial charge in [0.1, 0.15) is 10.7 Å². The lowest BCUT2D eigenvalue weighted by Crippen LogP contribution is -2.08. The molecule has 1 N–H and O–H groups in total. The molecule has 0 saturated heterocycles. The van der Waals surface area contributed by atoms with Crippen LogP contribution in [0, 0.1) is 20.8 Å². The molecule has 26 heavy (non-hydrogen) atoms. The Bertz CT molecular complexity index is 1020. The molecule has 0 amide bonds. The van der Waals surface area contributed by atoms with E-state index in [2.05, 4.69) is 5.32 Å². The van der Waals surface area contributed by atoms with E-state index in [0.717, 1.165) is 28.1 Å². The number of nitrogens with zero attached hydrogens (tertiary/aromatic N) is 1. The third kappa shape index (κ3) is 3.68. The highest BCUT2D eigenvalue weighted by Gasteiger charge is 2.25. The van der Waals surface area contributed by atoms with Crippen molar-refractivity contribution in [3.63, 3.8) is 0 Å². The van der Waals surface area contributed by atoms with E-state index >= 15 is 0 Å². The Balaban J connectivity index is 2.14. The van der Waals surface area contributed by atoms with Gasteiger partial charge in [0.2, 0.25) is 0 Å². The summed E-state index contributed by atoms with van der Waals surface area (Å²) in [4.78, 5) is 0.367. The summed E-state index contributed by atoms with van der Waals surface area (Å²) >= 11 is 0. The second-order valence-electron chi connectivity index (χ2n) is 6.72. The fourth-order valence-electron chi connectivity index (χ4n) is 3.15. The molecule has 1 aromatic heterocycles. The molecule has 0 bridgehead atoms. The van der Waals surface area contributed by atoms with Crippen molar-refractivity contribution in [3.05, 3.63) is 77.0 Å². The van der Waals surface area contributed by atoms with Gasteiger partial charge in [0, 0.05) is 24.2 Å². The van der Waals surface area contributed by atoms with E-state index in [-0.39, 0.29) is 0 Å². The molecular formula is C21H24N2O2S. The van der Waals surface area contributed by atoms with Gasteiger partial charge in [-0.15, -0.1) is 0 Å². The van der Waals surface area contributed by atoms with Crippen LogP contribution >= 0.6 is 0 Å². The third-order valence-electron chi connectivity index (χ3n) is 4.64. The molecule has 0 aliphatic heterocycles. The Kier molecular flexibility index (Phi) is 4.92. The average molecular weight is 369 g/mol. The number of aromatic nitrogens is 1. The monoisotopic (exact) mass is 368 g/mol. The molecule has 0 saturated carbocycles. The molecule has 3 rings (SSSR count). The maximum absolute atomic E-state index is 12.5. The van der Waals surface area contributed by atoms with Crippen LogP contribution in [-0.2, 0) is 16.4 Å². The number of sulfone groups is 1. The zero-order valence-corrected chi connectivity index (χ0v) is 16.4. The van der Waals surface area contributed by atoms with Crippen molar-refractivity contribution >= 4 is 21.3 Å². The molecule has 0 aliphatic carbocycles. The van der Waals surface area contributed by atoms with Crippen molar-refractivity contribution in [2.45, 2.75) is 32.2 Å². The Hall–Kier alpha value is -2.53. The van der Waals surface area contributed by atoms with Crippen LogP contribution < -0.4 is 5.32 Å². The lowest BCUT2D eigenvalue weighted by molar-refractivity contribution is 0.601. The van der Waals surface area contributed by atoms with Crippen LogP contribution in [0.4, 0.5) is 11.5 Å². The van der Waals surface area contributed by atoms with Gasteiger partial charge in [-0.1, -0.05) is 48.0 Å². The summed E-state index contributed by atoms with van der Waals surface area (Å²) in [6.45, 7) is 6.47. The zero-order chi connectivity index (χ0) is 18.9. The Morgan fingerprint density at radius 2 is 1.54 bits per heavy atom. The van der Waals surface area contributed by atoms with Crippen LogP contribution in [0.3, 0.4) is 0 Å². The first kappa shape index (κ1) is 18.3. The summed E-state index contributed by atoms with van der Waals surface area (Å²) in [6, 6.07) is 18.0. The number of benzene rings is 2. The minimum absolute atomic E-state index is 0.367. The van der Waals surface area contributed by atoms with Crippen LogP contribution in [0.25, 0.3) is 0 Å². The highest BCUT2D eigenvalue weighted by atomic mass is 32.2. The van der Waals surface area contributed by atoms with E-state index in [1.807, 2.05) is 79.9 Å². The Morgan fingerprint density at radius 1 is 0.923 bits per heavy atom. The van der Waals surface area contributed by atoms with E-state index in [1.165, 1.54) is 6.26 Å². The quantitative estimate of drug-likeness (QED) is 0.715. The average Bonchev–Trinajstić information content (AvgIpc) is 2.82. The molecule has 3 aromatic rings. The maximum Gasteiger partial charge on any atom is 0.179 e. The van der Waals surface area contributed by atoms with Gasteiger partial charge in [-0.2, -0.15) is 0 Å². The van der Waals surface area contributed by atoms with Gasteiger partial charge in [0.05, 0.1) is 0 Å². The molecule has 1 heterocycles. The van der Waals surface area contributed by atoms with Crippen molar-refractivity contribution in [2.24, 2.45) is 0 Å². The normalized spacial score (nSPS) is 11.5. The van der Waals surface area contributed by atoms with Gasteiger partial charge in [-0.05, 0) is 44.0 Å². The predicted octanol–water partition coefficient (Wildman–Crippen LogP) is 4.61. The third-order valence-corrected chi connectivity index (χ3v) is 5.88. The number of nitrogens with one attached hydrogen (secondary N) is 1. The number of hydrogen-bond acceptors (Lipinski definition) is 3. The summed E-state index contributed by atoms with van der Waals surface area (Å²) < 4.78 is 27.0. The van der Waals surface area contributed by atoms with Gasteiger partial charge in [-0.3, -0.25) is 0 Å². The number of hydrogen-bond donors (Lipinski definition) is 1. The topological polar surface area (TPSA) is 51.1 Å². The largest absolute Gasteiger partial charge is 0.341 e. The van der Waals surface area contributed by atoms with Crippen LogP contribution in [0.2, 0.25) is 0 Å². The van der Waals surface area contributed by atoms with Gasteiger partial charge in [0.15, 0.2) is 9.84 Å². The number of rotatable bonds is 5. The van der Waals surface area contributed by atoms with Crippen LogP contribution in [-0.4, -0.2) is 19.2 Å². The molecule has 0 atom stereocenters. The Labute approximate surface area is 155 Å². The summed E-state index contributed by atoms with van der Waals surface area (Å²) in [6.07, 6.45) is 1.27. The van der Waals surface area contributed by atoms with Gasteiger partial charge in [-0.25, -0.2) is 8.42 Å². The highest BCUT2D eigenvalue weighted by Crippen LogP contribution is 2.34. The van der Waals surface area contributed by atoms with Gasteiger partial charge in [0.25, 0.3) is 0 Å². The van der Waals surface area contributed by atoms with Crippen LogP contribution in [0.1, 0.15) is 22.4 Å².